The number of hydrogen-bond acceptors (Lipinski definition) is 16. The Hall–Kier alpha value is -7.37. The predicted molar refractivity (Wildman–Crippen MR) is 292 cm³/mol. The van der Waals surface area contributed by atoms with Gasteiger partial charge in [-0.15, -0.1) is 0 Å². The van der Waals surface area contributed by atoms with Gasteiger partial charge in [-0.2, -0.15) is 0 Å². The quantitative estimate of drug-likeness (QED) is 0.0852. The molecule has 0 atom stereocenters. The number of rotatable bonds is 12. The van der Waals surface area contributed by atoms with E-state index in [9.17, 15) is 71.1 Å². The van der Waals surface area contributed by atoms with Crippen molar-refractivity contribution in [2.24, 2.45) is 0 Å². The standard InChI is InChI=1S/2C28H20N2O8S2.Na.Sc/c2*31-27(29-23-12-14-25(39(33,34)35)21-10-3-1-8-19(21)23)17-6-5-7-18(16-17)28(32)30-24-13-15-26(40(36,37)38)22-11-4-2-9-20(22)24;;/h2*1-16H,(H,29,31)(H,30,32)(H,33,34,35)(H,36,37,38);;/q;;+1;+3/p-4. The Kier molecular flexibility index (Phi) is 19.0. The van der Waals surface area contributed by atoms with Crippen LogP contribution in [0.3, 0.4) is 0 Å². The summed E-state index contributed by atoms with van der Waals surface area (Å²) in [6.07, 6.45) is 0. The maximum absolute atomic E-state index is 13.1. The van der Waals surface area contributed by atoms with Crippen molar-refractivity contribution in [3.05, 3.63) is 216 Å². The molecule has 0 unspecified atom stereocenters. The average molecular weight is 1220 g/mol. The van der Waals surface area contributed by atoms with Crippen LogP contribution in [0.4, 0.5) is 22.7 Å². The molecule has 0 saturated carbocycles. The molecule has 0 aromatic heterocycles. The van der Waals surface area contributed by atoms with Gasteiger partial charge >= 0.3 is 55.4 Å². The second-order valence-corrected chi connectivity index (χ2v) is 22.8. The molecule has 404 valence electrons. The smallest absolute Gasteiger partial charge is 0.744 e. The molecule has 20 nitrogen and oxygen atoms in total. The molecule has 4 N–H and O–H groups in total. The van der Waals surface area contributed by atoms with Crippen LogP contribution in [-0.2, 0) is 66.3 Å². The summed E-state index contributed by atoms with van der Waals surface area (Å²) in [4.78, 5) is 50.6. The van der Waals surface area contributed by atoms with Gasteiger partial charge in [-0.1, -0.05) is 109 Å². The van der Waals surface area contributed by atoms with E-state index in [1.807, 2.05) is 0 Å². The Bertz CT molecular complexity index is 4140. The van der Waals surface area contributed by atoms with Crippen molar-refractivity contribution in [3.63, 3.8) is 0 Å². The Labute approximate surface area is 509 Å². The first-order valence-corrected chi connectivity index (χ1v) is 28.9. The maximum atomic E-state index is 13.1. The first kappa shape index (κ1) is 62.2. The van der Waals surface area contributed by atoms with E-state index in [0.717, 1.165) is 24.3 Å². The molecule has 82 heavy (non-hydrogen) atoms. The van der Waals surface area contributed by atoms with Crippen molar-refractivity contribution < 1.29 is 126 Å². The molecule has 26 heteroatoms. The maximum Gasteiger partial charge on any atom is 3.00 e. The van der Waals surface area contributed by atoms with Gasteiger partial charge in [-0.25, -0.2) is 33.7 Å². The average Bonchev–Trinajstić information content (AvgIpc) is 3.50. The van der Waals surface area contributed by atoms with Gasteiger partial charge in [-0.3, -0.25) is 19.2 Å². The van der Waals surface area contributed by atoms with Gasteiger partial charge in [-0.05, 0) is 84.9 Å². The third kappa shape index (κ3) is 13.7. The van der Waals surface area contributed by atoms with Gasteiger partial charge < -0.3 is 39.5 Å². The zero-order valence-electron chi connectivity index (χ0n) is 42.2. The molecule has 10 aromatic rings. The van der Waals surface area contributed by atoms with Crippen molar-refractivity contribution in [3.8, 4) is 0 Å². The fourth-order valence-corrected chi connectivity index (χ4v) is 11.5. The summed E-state index contributed by atoms with van der Waals surface area (Å²) >= 11 is 0. The van der Waals surface area contributed by atoms with Crippen molar-refractivity contribution in [2.45, 2.75) is 19.6 Å². The van der Waals surface area contributed by atoms with Crippen LogP contribution in [0.25, 0.3) is 43.1 Å². The number of carbonyl (C=O) groups excluding carboxylic acids is 4. The van der Waals surface area contributed by atoms with Crippen LogP contribution in [0.15, 0.2) is 214 Å². The molecule has 0 aliphatic heterocycles. The zero-order chi connectivity index (χ0) is 57.3. The monoisotopic (exact) mass is 1220 g/mol. The minimum absolute atomic E-state index is 0. The van der Waals surface area contributed by atoms with Gasteiger partial charge in [0.05, 0.1) is 19.6 Å². The number of anilines is 4. The summed E-state index contributed by atoms with van der Waals surface area (Å²) in [5.41, 5.74) is 1.55. The van der Waals surface area contributed by atoms with E-state index in [0.29, 0.717) is 21.5 Å². The van der Waals surface area contributed by atoms with Crippen LogP contribution in [-0.4, -0.2) is 75.5 Å². The largest absolute Gasteiger partial charge is 3.00 e. The summed E-state index contributed by atoms with van der Waals surface area (Å²) in [5.74, 6) is -2.36. The molecule has 0 saturated heterocycles. The molecular weight excluding hydrogens is 1180 g/mol. The fourth-order valence-electron chi connectivity index (χ4n) is 8.77. The first-order chi connectivity index (χ1) is 37.9. The van der Waals surface area contributed by atoms with Crippen LogP contribution >= 0.6 is 0 Å². The van der Waals surface area contributed by atoms with E-state index < -0.39 is 83.7 Å². The number of hydrogen-bond donors (Lipinski definition) is 4. The summed E-state index contributed by atoms with van der Waals surface area (Å²) in [6.45, 7) is 0. The molecule has 0 spiro atoms. The number of amides is 4. The number of fused-ring (bicyclic) bond motifs is 4. The summed E-state index contributed by atoms with van der Waals surface area (Å²) in [7, 11) is -19.0. The number of nitrogens with one attached hydrogen (secondary N) is 4. The van der Waals surface area contributed by atoms with Crippen LogP contribution in [0.1, 0.15) is 41.4 Å². The van der Waals surface area contributed by atoms with E-state index in [-0.39, 0.29) is 122 Å². The van der Waals surface area contributed by atoms with E-state index in [1.165, 1.54) is 97.1 Å². The number of benzene rings is 10. The molecule has 0 heterocycles. The number of carbonyl (C=O) groups is 4. The van der Waals surface area contributed by atoms with Crippen LogP contribution < -0.4 is 50.8 Å². The molecule has 0 aliphatic rings. The molecule has 10 rings (SSSR count). The zero-order valence-corrected chi connectivity index (χ0v) is 49.3. The Morgan fingerprint density at radius 1 is 0.268 bits per heavy atom. The first-order valence-electron chi connectivity index (χ1n) is 23.2. The van der Waals surface area contributed by atoms with Gasteiger partial charge in [0.2, 0.25) is 0 Å². The Morgan fingerprint density at radius 2 is 0.451 bits per heavy atom. The summed E-state index contributed by atoms with van der Waals surface area (Å²) < 4.78 is 140. The van der Waals surface area contributed by atoms with Crippen molar-refractivity contribution in [1.82, 2.24) is 0 Å². The molecule has 10 aromatic carbocycles. The van der Waals surface area contributed by atoms with Gasteiger partial charge in [0.15, 0.2) is 0 Å². The third-order valence-corrected chi connectivity index (χ3v) is 16.0. The van der Waals surface area contributed by atoms with E-state index in [4.69, 9.17) is 0 Å². The topological polar surface area (TPSA) is 345 Å². The second kappa shape index (κ2) is 25.0. The molecule has 0 radical (unpaired) electrons. The van der Waals surface area contributed by atoms with Crippen molar-refractivity contribution in [2.75, 3.05) is 21.3 Å². The van der Waals surface area contributed by atoms with Crippen molar-refractivity contribution in [1.29, 1.82) is 0 Å². The molecule has 0 bridgehead atoms. The van der Waals surface area contributed by atoms with Crippen LogP contribution in [0, 0.1) is 0 Å². The predicted octanol–water partition coefficient (Wildman–Crippen LogP) is 5.61. The third-order valence-electron chi connectivity index (χ3n) is 12.4. The molecule has 4 amide bonds. The normalized spacial score (nSPS) is 11.6. The van der Waals surface area contributed by atoms with E-state index >= 15 is 0 Å². The summed E-state index contributed by atoms with van der Waals surface area (Å²) in [6, 6.07) is 46.3. The van der Waals surface area contributed by atoms with Crippen LogP contribution in [0.5, 0.6) is 0 Å². The van der Waals surface area contributed by atoms with E-state index in [1.54, 1.807) is 72.8 Å². The summed E-state index contributed by atoms with van der Waals surface area (Å²) in [5, 5.41) is 12.8. The van der Waals surface area contributed by atoms with Gasteiger partial charge in [0.25, 0.3) is 23.6 Å². The van der Waals surface area contributed by atoms with E-state index in [2.05, 4.69) is 21.3 Å². The molecule has 0 aliphatic carbocycles. The Morgan fingerprint density at radius 3 is 0.634 bits per heavy atom. The van der Waals surface area contributed by atoms with Gasteiger partial charge in [0.1, 0.15) is 40.5 Å². The molecule has 0 fully saturated rings. The van der Waals surface area contributed by atoms with Crippen molar-refractivity contribution >= 4 is 130 Å². The minimum atomic E-state index is -4.74. The molecular formula is C56H36N4NaO16S4Sc. The fraction of sp³-hybridized carbons (Fsp3) is 0. The second-order valence-electron chi connectivity index (χ2n) is 17.4. The van der Waals surface area contributed by atoms with Crippen LogP contribution in [0.2, 0.25) is 0 Å². The SMILES string of the molecule is O=C(Nc1ccc(S(=O)(=O)[O-])c2ccccc12)c1cccc(C(=O)Nc2ccc(S(=O)(=O)[O-])c3ccccc23)c1.O=C(Nc1ccc(S(=O)(=O)[O-])c2ccccc12)c1cccc(C(=O)Nc2ccc(S(=O)(=O)[O-])c3ccccc23)c1.[Na+].[Sc+3]. The minimum Gasteiger partial charge on any atom is -0.744 e. The Balaban J connectivity index is 0.000000230. The van der Waals surface area contributed by atoms with Gasteiger partial charge in [0, 0.05) is 88.1 Å².